The van der Waals surface area contributed by atoms with Gasteiger partial charge in [0.15, 0.2) is 0 Å². The van der Waals surface area contributed by atoms with Gasteiger partial charge in [0.05, 0.1) is 26.4 Å². The average Bonchev–Trinajstić information content (AvgIpc) is 2.63. The first-order valence-electron chi connectivity index (χ1n) is 7.84. The molecule has 1 atom stereocenters. The van der Waals surface area contributed by atoms with Crippen molar-refractivity contribution in [1.29, 1.82) is 0 Å². The summed E-state index contributed by atoms with van der Waals surface area (Å²) < 4.78 is 10.6. The fraction of sp³-hybridized carbons (Fsp3) is 0.412. The van der Waals surface area contributed by atoms with Gasteiger partial charge in [-0.1, -0.05) is 30.3 Å². The number of nitrogens with zero attached hydrogens (tertiary/aromatic N) is 3. The molecule has 122 valence electrons. The van der Waals surface area contributed by atoms with Crippen LogP contribution in [0.4, 0.5) is 5.95 Å². The zero-order valence-corrected chi connectivity index (χ0v) is 13.3. The Morgan fingerprint density at radius 1 is 1.22 bits per heavy atom. The van der Waals surface area contributed by atoms with Gasteiger partial charge >= 0.3 is 0 Å². The number of benzene rings is 1. The number of morpholine rings is 1. The number of aromatic nitrogens is 2. The second-order valence-electron chi connectivity index (χ2n) is 5.44. The lowest BCUT2D eigenvalue weighted by Gasteiger charge is -2.31. The molecule has 0 radical (unpaired) electrons. The van der Waals surface area contributed by atoms with Crippen LogP contribution in [0.5, 0.6) is 5.88 Å². The summed E-state index contributed by atoms with van der Waals surface area (Å²) in [5.74, 6) is 1.13. The molecular formula is C17H22N4O2. The van der Waals surface area contributed by atoms with E-state index in [4.69, 9.17) is 9.47 Å². The first kappa shape index (κ1) is 15.7. The molecule has 1 N–H and O–H groups in total. The molecule has 1 aliphatic rings. The minimum atomic E-state index is 0.112. The van der Waals surface area contributed by atoms with E-state index in [1.165, 1.54) is 5.56 Å². The molecule has 1 unspecified atom stereocenters. The van der Waals surface area contributed by atoms with Crippen molar-refractivity contribution in [2.45, 2.75) is 6.04 Å². The number of hydrogen-bond acceptors (Lipinski definition) is 6. The van der Waals surface area contributed by atoms with Crippen LogP contribution in [0.15, 0.2) is 42.6 Å². The highest BCUT2D eigenvalue weighted by Crippen LogP contribution is 2.20. The van der Waals surface area contributed by atoms with Gasteiger partial charge in [0.25, 0.3) is 0 Å². The number of hydrogen-bond donors (Lipinski definition) is 1. The highest BCUT2D eigenvalue weighted by molar-refractivity contribution is 5.34. The Morgan fingerprint density at radius 3 is 2.74 bits per heavy atom. The molecule has 0 aliphatic carbocycles. The monoisotopic (exact) mass is 314 g/mol. The average molecular weight is 314 g/mol. The van der Waals surface area contributed by atoms with Gasteiger partial charge in [0.1, 0.15) is 0 Å². The molecule has 0 amide bonds. The number of rotatable bonds is 6. The van der Waals surface area contributed by atoms with E-state index in [0.29, 0.717) is 11.8 Å². The highest BCUT2D eigenvalue weighted by atomic mass is 16.5. The Balaban J connectivity index is 1.76. The van der Waals surface area contributed by atoms with E-state index in [1.807, 2.05) is 6.07 Å². The summed E-state index contributed by atoms with van der Waals surface area (Å²) in [4.78, 5) is 11.1. The number of nitrogens with one attached hydrogen (secondary N) is 1. The topological polar surface area (TPSA) is 59.5 Å². The Morgan fingerprint density at radius 2 is 2.00 bits per heavy atom. The van der Waals surface area contributed by atoms with Crippen molar-refractivity contribution in [2.24, 2.45) is 0 Å². The molecule has 1 saturated heterocycles. The molecule has 0 spiro atoms. The Bertz CT molecular complexity index is 603. The van der Waals surface area contributed by atoms with Gasteiger partial charge in [-0.3, -0.25) is 4.90 Å². The molecule has 1 aromatic heterocycles. The molecule has 0 saturated carbocycles. The molecular weight excluding hydrogens is 292 g/mol. The number of ether oxygens (including phenoxy) is 2. The van der Waals surface area contributed by atoms with E-state index in [-0.39, 0.29) is 6.04 Å². The lowest BCUT2D eigenvalue weighted by molar-refractivity contribution is 0.0360. The van der Waals surface area contributed by atoms with Crippen molar-refractivity contribution in [1.82, 2.24) is 14.9 Å². The second-order valence-corrected chi connectivity index (χ2v) is 5.44. The molecule has 0 bridgehead atoms. The first-order valence-corrected chi connectivity index (χ1v) is 7.84. The molecule has 1 fully saturated rings. The molecule has 1 aliphatic heterocycles. The lowest BCUT2D eigenvalue weighted by Crippen LogP contribution is -2.40. The Kier molecular flexibility index (Phi) is 5.39. The van der Waals surface area contributed by atoms with E-state index in [0.717, 1.165) is 32.8 Å². The van der Waals surface area contributed by atoms with Crippen LogP contribution >= 0.6 is 0 Å². The minimum absolute atomic E-state index is 0.112. The summed E-state index contributed by atoms with van der Waals surface area (Å²) in [7, 11) is 1.61. The van der Waals surface area contributed by atoms with Crippen LogP contribution in [0.2, 0.25) is 0 Å². The number of methoxy groups -OCH3 is 1. The molecule has 2 aromatic rings. The fourth-order valence-electron chi connectivity index (χ4n) is 2.64. The van der Waals surface area contributed by atoms with Gasteiger partial charge in [0.2, 0.25) is 11.8 Å². The summed E-state index contributed by atoms with van der Waals surface area (Å²) in [5.41, 5.74) is 1.21. The van der Waals surface area contributed by atoms with E-state index in [2.05, 4.69) is 44.5 Å². The highest BCUT2D eigenvalue weighted by Gasteiger charge is 2.19. The second kappa shape index (κ2) is 7.89. The third-order valence-electron chi connectivity index (χ3n) is 3.89. The van der Waals surface area contributed by atoms with Crippen molar-refractivity contribution in [3.8, 4) is 5.88 Å². The summed E-state index contributed by atoms with van der Waals surface area (Å²) in [5, 5.41) is 3.43. The standard InChI is InChI=1S/C17H22N4O2/c1-22-16-7-8-18-17(20-16)19-15(14-5-3-2-4-6-14)13-21-9-11-23-12-10-21/h2-8,15H,9-13H2,1H3,(H,18,19,20). The smallest absolute Gasteiger partial charge is 0.226 e. The van der Waals surface area contributed by atoms with Gasteiger partial charge in [-0.25, -0.2) is 4.98 Å². The molecule has 2 heterocycles. The number of anilines is 1. The van der Waals surface area contributed by atoms with Crippen LogP contribution in [-0.2, 0) is 4.74 Å². The summed E-state index contributed by atoms with van der Waals surface area (Å²) >= 11 is 0. The zero-order chi connectivity index (χ0) is 15.9. The van der Waals surface area contributed by atoms with Crippen molar-refractivity contribution in [3.63, 3.8) is 0 Å². The summed E-state index contributed by atoms with van der Waals surface area (Å²) in [6.45, 7) is 4.36. The van der Waals surface area contributed by atoms with E-state index in [9.17, 15) is 0 Å². The van der Waals surface area contributed by atoms with Crippen LogP contribution in [0.1, 0.15) is 11.6 Å². The van der Waals surface area contributed by atoms with Crippen LogP contribution in [0.25, 0.3) is 0 Å². The van der Waals surface area contributed by atoms with Crippen LogP contribution in [0, 0.1) is 0 Å². The molecule has 3 rings (SSSR count). The van der Waals surface area contributed by atoms with Crippen molar-refractivity contribution in [3.05, 3.63) is 48.2 Å². The predicted molar refractivity (Wildman–Crippen MR) is 88.6 cm³/mol. The van der Waals surface area contributed by atoms with Gasteiger partial charge in [-0.15, -0.1) is 0 Å². The third-order valence-corrected chi connectivity index (χ3v) is 3.89. The quantitative estimate of drug-likeness (QED) is 0.880. The van der Waals surface area contributed by atoms with Gasteiger partial charge in [-0.2, -0.15) is 4.98 Å². The Labute approximate surface area is 136 Å². The van der Waals surface area contributed by atoms with Crippen LogP contribution < -0.4 is 10.1 Å². The van der Waals surface area contributed by atoms with E-state index < -0.39 is 0 Å². The normalized spacial score (nSPS) is 16.7. The molecule has 23 heavy (non-hydrogen) atoms. The summed E-state index contributed by atoms with van der Waals surface area (Å²) in [6, 6.07) is 12.2. The zero-order valence-electron chi connectivity index (χ0n) is 13.3. The molecule has 1 aromatic carbocycles. The minimum Gasteiger partial charge on any atom is -0.481 e. The van der Waals surface area contributed by atoms with Gasteiger partial charge in [-0.05, 0) is 5.56 Å². The predicted octanol–water partition coefficient (Wildman–Crippen LogP) is 1.97. The maximum atomic E-state index is 5.43. The van der Waals surface area contributed by atoms with Crippen LogP contribution in [-0.4, -0.2) is 54.8 Å². The maximum absolute atomic E-state index is 5.43. The van der Waals surface area contributed by atoms with Gasteiger partial charge in [0, 0.05) is 31.9 Å². The van der Waals surface area contributed by atoms with Crippen molar-refractivity contribution in [2.75, 3.05) is 45.3 Å². The van der Waals surface area contributed by atoms with Gasteiger partial charge < -0.3 is 14.8 Å². The fourth-order valence-corrected chi connectivity index (χ4v) is 2.64. The van der Waals surface area contributed by atoms with Crippen molar-refractivity contribution < 1.29 is 9.47 Å². The molecule has 6 heteroatoms. The lowest BCUT2D eigenvalue weighted by atomic mass is 10.1. The maximum Gasteiger partial charge on any atom is 0.226 e. The molecule has 6 nitrogen and oxygen atoms in total. The van der Waals surface area contributed by atoms with Crippen molar-refractivity contribution >= 4 is 5.95 Å². The largest absolute Gasteiger partial charge is 0.481 e. The Hall–Kier alpha value is -2.18. The van der Waals surface area contributed by atoms with Crippen LogP contribution in [0.3, 0.4) is 0 Å². The van der Waals surface area contributed by atoms with E-state index >= 15 is 0 Å². The summed E-state index contributed by atoms with van der Waals surface area (Å²) in [6.07, 6.45) is 1.70. The first-order chi connectivity index (χ1) is 11.3. The third kappa shape index (κ3) is 4.40. The SMILES string of the molecule is COc1ccnc(NC(CN2CCOCC2)c2ccccc2)n1. The van der Waals surface area contributed by atoms with E-state index in [1.54, 1.807) is 19.4 Å².